The van der Waals surface area contributed by atoms with Gasteiger partial charge in [-0.25, -0.2) is 13.1 Å². The largest absolute Gasteiger partial charge is 0.481 e. The first-order chi connectivity index (χ1) is 9.85. The normalized spacial score (nSPS) is 12.6. The minimum atomic E-state index is -3.93. The molecule has 1 rings (SSSR count). The van der Waals surface area contributed by atoms with Gasteiger partial charge in [0.1, 0.15) is 0 Å². The Morgan fingerprint density at radius 1 is 1.29 bits per heavy atom. The van der Waals surface area contributed by atoms with E-state index in [4.69, 9.17) is 5.11 Å². The molecule has 21 heavy (non-hydrogen) atoms. The number of rotatable bonds is 8. The number of carboxylic acid groups (broad SMARTS) is 1. The molecule has 0 aliphatic heterocycles. The molecule has 1 atom stereocenters. The Hall–Kier alpha value is -1.93. The van der Waals surface area contributed by atoms with Crippen LogP contribution in [0.2, 0.25) is 0 Å². The number of carbonyl (C=O) groups is 2. The van der Waals surface area contributed by atoms with Crippen molar-refractivity contribution in [2.24, 2.45) is 0 Å². The van der Waals surface area contributed by atoms with Gasteiger partial charge in [0.05, 0.1) is 12.5 Å². The molecule has 0 saturated carbocycles. The predicted molar refractivity (Wildman–Crippen MR) is 75.2 cm³/mol. The van der Waals surface area contributed by atoms with Crippen molar-refractivity contribution in [2.75, 3.05) is 18.9 Å². The highest BCUT2D eigenvalue weighted by atomic mass is 32.2. The van der Waals surface area contributed by atoms with Crippen LogP contribution in [0.1, 0.15) is 18.4 Å². The third-order valence-corrected chi connectivity index (χ3v) is 3.84. The molecule has 2 N–H and O–H groups in total. The maximum Gasteiger partial charge on any atom is 0.322 e. The van der Waals surface area contributed by atoms with Crippen LogP contribution in [0.4, 0.5) is 0 Å². The lowest BCUT2D eigenvalue weighted by Gasteiger charge is -2.13. The lowest BCUT2D eigenvalue weighted by atomic mass is 10.00. The van der Waals surface area contributed by atoms with Gasteiger partial charge in [0, 0.05) is 6.54 Å². The standard InChI is InChI=1S/C13H17NO6S/c1-2-20-12(15)9-21(18,19)14-8-11(13(16)17)10-6-4-3-5-7-10/h3-7,11,14H,2,8-9H2,1H3,(H,16,17). The van der Waals surface area contributed by atoms with Crippen LogP contribution in [0, 0.1) is 0 Å². The van der Waals surface area contributed by atoms with E-state index < -0.39 is 33.6 Å². The SMILES string of the molecule is CCOC(=O)CS(=O)(=O)NCC(C(=O)O)c1ccccc1. The quantitative estimate of drug-likeness (QED) is 0.669. The summed E-state index contributed by atoms with van der Waals surface area (Å²) < 4.78 is 30.0. The molecular formula is C13H17NO6S. The smallest absolute Gasteiger partial charge is 0.322 e. The fraction of sp³-hybridized carbons (Fsp3) is 0.385. The molecule has 0 fully saturated rings. The van der Waals surface area contributed by atoms with Crippen LogP contribution in [0.5, 0.6) is 0 Å². The summed E-state index contributed by atoms with van der Waals surface area (Å²) in [5.41, 5.74) is 0.476. The summed E-state index contributed by atoms with van der Waals surface area (Å²) in [4.78, 5) is 22.4. The first-order valence-electron chi connectivity index (χ1n) is 6.26. The summed E-state index contributed by atoms with van der Waals surface area (Å²) in [6, 6.07) is 8.25. The van der Waals surface area contributed by atoms with E-state index in [-0.39, 0.29) is 13.2 Å². The summed E-state index contributed by atoms with van der Waals surface area (Å²) in [5, 5.41) is 9.16. The molecule has 0 aliphatic rings. The molecule has 0 saturated heterocycles. The molecule has 1 aromatic carbocycles. The highest BCUT2D eigenvalue weighted by Gasteiger charge is 2.24. The molecule has 1 aromatic rings. The van der Waals surface area contributed by atoms with Gasteiger partial charge in [-0.3, -0.25) is 9.59 Å². The van der Waals surface area contributed by atoms with Crippen LogP contribution in [0.15, 0.2) is 30.3 Å². The molecule has 7 nitrogen and oxygen atoms in total. The summed E-state index contributed by atoms with van der Waals surface area (Å²) in [6.07, 6.45) is 0. The van der Waals surface area contributed by atoms with Gasteiger partial charge in [0.25, 0.3) is 0 Å². The Morgan fingerprint density at radius 2 is 1.90 bits per heavy atom. The zero-order chi connectivity index (χ0) is 15.9. The van der Waals surface area contributed by atoms with Crippen LogP contribution in [0.25, 0.3) is 0 Å². The van der Waals surface area contributed by atoms with Gasteiger partial charge in [-0.15, -0.1) is 0 Å². The van der Waals surface area contributed by atoms with Crippen LogP contribution >= 0.6 is 0 Å². The van der Waals surface area contributed by atoms with Crippen molar-refractivity contribution in [1.82, 2.24) is 4.72 Å². The van der Waals surface area contributed by atoms with Gasteiger partial charge in [-0.2, -0.15) is 0 Å². The number of sulfonamides is 1. The second kappa shape index (κ2) is 7.75. The number of ether oxygens (including phenoxy) is 1. The van der Waals surface area contributed by atoms with E-state index in [1.807, 2.05) is 0 Å². The van der Waals surface area contributed by atoms with Crippen molar-refractivity contribution in [3.63, 3.8) is 0 Å². The van der Waals surface area contributed by atoms with Gasteiger partial charge in [-0.1, -0.05) is 30.3 Å². The number of esters is 1. The first-order valence-corrected chi connectivity index (χ1v) is 7.91. The Morgan fingerprint density at radius 3 is 2.43 bits per heavy atom. The van der Waals surface area contributed by atoms with Gasteiger partial charge < -0.3 is 9.84 Å². The third kappa shape index (κ3) is 5.92. The second-order valence-electron chi connectivity index (χ2n) is 4.21. The predicted octanol–water partition coefficient (Wildman–Crippen LogP) is 0.337. The number of aliphatic carboxylic acids is 1. The number of benzene rings is 1. The number of hydrogen-bond acceptors (Lipinski definition) is 5. The van der Waals surface area contributed by atoms with Gasteiger partial charge in [0.2, 0.25) is 10.0 Å². The van der Waals surface area contributed by atoms with Crippen molar-refractivity contribution < 1.29 is 27.9 Å². The van der Waals surface area contributed by atoms with E-state index in [0.717, 1.165) is 0 Å². The minimum absolute atomic E-state index is 0.0795. The van der Waals surface area contributed by atoms with Crippen LogP contribution < -0.4 is 4.72 Å². The summed E-state index contributed by atoms with van der Waals surface area (Å²) in [7, 11) is -3.93. The van der Waals surface area contributed by atoms with Crippen molar-refractivity contribution in [3.05, 3.63) is 35.9 Å². The molecule has 1 unspecified atom stereocenters. The molecule has 0 spiro atoms. The molecule has 116 valence electrons. The van der Waals surface area contributed by atoms with Gasteiger partial charge in [0.15, 0.2) is 5.75 Å². The average molecular weight is 315 g/mol. The topological polar surface area (TPSA) is 110 Å². The maximum atomic E-state index is 11.7. The van der Waals surface area contributed by atoms with Crippen molar-refractivity contribution in [1.29, 1.82) is 0 Å². The van der Waals surface area contributed by atoms with Crippen molar-refractivity contribution in [2.45, 2.75) is 12.8 Å². The average Bonchev–Trinajstić information content (AvgIpc) is 2.39. The number of carbonyl (C=O) groups excluding carboxylic acids is 1. The summed E-state index contributed by atoms with van der Waals surface area (Å²) in [5.74, 6) is -3.89. The zero-order valence-corrected chi connectivity index (χ0v) is 12.3. The molecule has 0 bridgehead atoms. The molecular weight excluding hydrogens is 298 g/mol. The van der Waals surface area contributed by atoms with Crippen molar-refractivity contribution >= 4 is 22.0 Å². The lowest BCUT2D eigenvalue weighted by molar-refractivity contribution is -0.140. The Bertz CT molecular complexity index is 584. The lowest BCUT2D eigenvalue weighted by Crippen LogP contribution is -2.35. The van der Waals surface area contributed by atoms with E-state index in [0.29, 0.717) is 5.56 Å². The third-order valence-electron chi connectivity index (χ3n) is 2.62. The number of carboxylic acids is 1. The Balaban J connectivity index is 2.70. The van der Waals surface area contributed by atoms with E-state index in [1.54, 1.807) is 37.3 Å². The van der Waals surface area contributed by atoms with Gasteiger partial charge >= 0.3 is 11.9 Å². The maximum absolute atomic E-state index is 11.7. The number of hydrogen-bond donors (Lipinski definition) is 2. The molecule has 0 amide bonds. The molecule has 0 aromatic heterocycles. The van der Waals surface area contributed by atoms with Crippen LogP contribution in [0.3, 0.4) is 0 Å². The summed E-state index contributed by atoms with van der Waals surface area (Å²) >= 11 is 0. The van der Waals surface area contributed by atoms with Crippen LogP contribution in [-0.4, -0.2) is 44.4 Å². The second-order valence-corrected chi connectivity index (χ2v) is 6.02. The van der Waals surface area contributed by atoms with Crippen molar-refractivity contribution in [3.8, 4) is 0 Å². The fourth-order valence-corrected chi connectivity index (χ4v) is 2.57. The molecule has 0 aliphatic carbocycles. The Labute approximate surface area is 123 Å². The van der Waals surface area contributed by atoms with E-state index in [1.165, 1.54) is 0 Å². The molecule has 0 heterocycles. The van der Waals surface area contributed by atoms with E-state index >= 15 is 0 Å². The minimum Gasteiger partial charge on any atom is -0.481 e. The number of nitrogens with one attached hydrogen (secondary N) is 1. The van der Waals surface area contributed by atoms with E-state index in [2.05, 4.69) is 9.46 Å². The summed E-state index contributed by atoms with van der Waals surface area (Å²) in [6.45, 7) is 1.31. The Kier molecular flexibility index (Phi) is 6.32. The van der Waals surface area contributed by atoms with Crippen LogP contribution in [-0.2, 0) is 24.3 Å². The van der Waals surface area contributed by atoms with Gasteiger partial charge in [-0.05, 0) is 12.5 Å². The fourth-order valence-electron chi connectivity index (χ4n) is 1.65. The zero-order valence-electron chi connectivity index (χ0n) is 11.5. The monoisotopic (exact) mass is 315 g/mol. The highest BCUT2D eigenvalue weighted by molar-refractivity contribution is 7.90. The first kappa shape index (κ1) is 17.1. The van der Waals surface area contributed by atoms with E-state index in [9.17, 15) is 18.0 Å². The highest BCUT2D eigenvalue weighted by Crippen LogP contribution is 2.15. The molecule has 8 heteroatoms. The molecule has 0 radical (unpaired) electrons.